The molecule has 53 heavy (non-hydrogen) atoms. The van der Waals surface area contributed by atoms with E-state index < -0.39 is 28.4 Å². The first-order chi connectivity index (χ1) is 25.5. The van der Waals surface area contributed by atoms with Crippen LogP contribution in [-0.4, -0.2) is 38.2 Å². The van der Waals surface area contributed by atoms with E-state index in [9.17, 15) is 18.0 Å². The molecule has 0 aliphatic heterocycles. The fourth-order valence-corrected chi connectivity index (χ4v) is 8.04. The molecule has 270 valence electrons. The number of sulfonamides is 1. The second-order valence-electron chi connectivity index (χ2n) is 13.1. The summed E-state index contributed by atoms with van der Waals surface area (Å²) < 4.78 is 41.0. The highest BCUT2D eigenvalue weighted by atomic mass is 32.2. The van der Waals surface area contributed by atoms with Crippen molar-refractivity contribution in [2.75, 3.05) is 18.5 Å². The summed E-state index contributed by atoms with van der Waals surface area (Å²) >= 11 is 0. The van der Waals surface area contributed by atoms with Crippen molar-refractivity contribution in [3.8, 4) is 5.75 Å². The summed E-state index contributed by atoms with van der Waals surface area (Å²) in [4.78, 5) is 29.7. The third-order valence-corrected chi connectivity index (χ3v) is 11.2. The van der Waals surface area contributed by atoms with Gasteiger partial charge in [0.05, 0.1) is 18.0 Å². The van der Waals surface area contributed by atoms with Gasteiger partial charge in [0, 0.05) is 18.8 Å². The number of hydrogen-bond acceptors (Lipinski definition) is 6. The van der Waals surface area contributed by atoms with Gasteiger partial charge >= 0.3 is 5.97 Å². The average molecular weight is 727 g/mol. The molecule has 0 N–H and O–H groups in total. The van der Waals surface area contributed by atoms with Crippen LogP contribution >= 0.6 is 0 Å². The minimum absolute atomic E-state index is 0.0754. The number of likely N-dealkylation sites (N-methyl/N-ethyl adjacent to an activating group) is 1. The van der Waals surface area contributed by atoms with Gasteiger partial charge in [-0.1, -0.05) is 121 Å². The Morgan fingerprint density at radius 1 is 0.679 bits per heavy atom. The quantitative estimate of drug-likeness (QED) is 0.111. The van der Waals surface area contributed by atoms with Gasteiger partial charge in [0.1, 0.15) is 24.5 Å². The van der Waals surface area contributed by atoms with Crippen LogP contribution in [0.25, 0.3) is 10.8 Å². The van der Waals surface area contributed by atoms with Gasteiger partial charge in [-0.25, -0.2) is 13.2 Å². The van der Waals surface area contributed by atoms with E-state index in [1.54, 1.807) is 32.0 Å². The first-order valence-electron chi connectivity index (χ1n) is 17.3. The average Bonchev–Trinajstić information content (AvgIpc) is 3.15. The van der Waals surface area contributed by atoms with E-state index in [2.05, 4.69) is 0 Å². The number of hydrogen-bond donors (Lipinski definition) is 0. The van der Waals surface area contributed by atoms with Crippen LogP contribution in [0.5, 0.6) is 5.75 Å². The molecule has 0 fully saturated rings. The van der Waals surface area contributed by atoms with E-state index >= 15 is 0 Å². The number of rotatable bonds is 13. The number of anilines is 1. The molecular weight excluding hydrogens is 685 g/mol. The lowest BCUT2D eigenvalue weighted by atomic mass is 10.0. The summed E-state index contributed by atoms with van der Waals surface area (Å²) in [6.45, 7) is 5.38. The normalized spacial score (nSPS) is 11.4. The molecule has 6 aromatic carbocycles. The fourth-order valence-electron chi connectivity index (χ4n) is 6.52. The van der Waals surface area contributed by atoms with Crippen molar-refractivity contribution >= 4 is 38.4 Å². The summed E-state index contributed by atoms with van der Waals surface area (Å²) in [5.74, 6) is -0.808. The van der Waals surface area contributed by atoms with Crippen LogP contribution in [0.2, 0.25) is 0 Å². The standard InChI is InChI=1S/C44H42N2O6S/c1-31-24-32(2)43(33(3)25-31)53(49,50)45(4)28-42(47)46(27-37-20-13-19-36-18-11-12-21-39(36)37)38-22-23-40(44(48)52-30-35-16-9-6-10-17-35)41(26-38)51-29-34-14-7-5-8-15-34/h5-26H,27-30H2,1-4H3. The van der Waals surface area contributed by atoms with Crippen LogP contribution in [0, 0.1) is 20.8 Å². The van der Waals surface area contributed by atoms with Crippen molar-refractivity contribution in [2.45, 2.75) is 45.4 Å². The van der Waals surface area contributed by atoms with Crippen molar-refractivity contribution in [2.24, 2.45) is 0 Å². The van der Waals surface area contributed by atoms with Gasteiger partial charge in [-0.15, -0.1) is 0 Å². The molecule has 0 atom stereocenters. The molecule has 0 heterocycles. The zero-order chi connectivity index (χ0) is 37.5. The molecule has 0 radical (unpaired) electrons. The number of amides is 1. The van der Waals surface area contributed by atoms with E-state index in [0.717, 1.165) is 37.3 Å². The van der Waals surface area contributed by atoms with Crippen molar-refractivity contribution in [3.05, 3.63) is 172 Å². The number of aryl methyl sites for hydroxylation is 3. The summed E-state index contributed by atoms with van der Waals surface area (Å²) in [5.41, 5.74) is 5.41. The Bertz CT molecular complexity index is 2330. The minimum atomic E-state index is -4.03. The number of carbonyl (C=O) groups is 2. The van der Waals surface area contributed by atoms with Gasteiger partial charge in [0.15, 0.2) is 0 Å². The van der Waals surface area contributed by atoms with Gasteiger partial charge < -0.3 is 14.4 Å². The van der Waals surface area contributed by atoms with Gasteiger partial charge in [-0.3, -0.25) is 4.79 Å². The van der Waals surface area contributed by atoms with Crippen LogP contribution in [0.1, 0.15) is 43.7 Å². The maximum absolute atomic E-state index is 14.5. The van der Waals surface area contributed by atoms with Crippen molar-refractivity contribution < 1.29 is 27.5 Å². The number of esters is 1. The third-order valence-electron chi connectivity index (χ3n) is 9.09. The summed E-state index contributed by atoms with van der Waals surface area (Å²) in [7, 11) is -2.61. The first-order valence-corrected chi connectivity index (χ1v) is 18.8. The fraction of sp³-hybridized carbons (Fsp3) is 0.182. The Hall–Kier alpha value is -5.77. The third kappa shape index (κ3) is 8.65. The highest BCUT2D eigenvalue weighted by molar-refractivity contribution is 7.89. The van der Waals surface area contributed by atoms with Crippen LogP contribution in [0.3, 0.4) is 0 Å². The lowest BCUT2D eigenvalue weighted by molar-refractivity contribution is -0.118. The largest absolute Gasteiger partial charge is 0.488 e. The Morgan fingerprint density at radius 3 is 1.96 bits per heavy atom. The molecule has 0 bridgehead atoms. The predicted octanol–water partition coefficient (Wildman–Crippen LogP) is 8.55. The van der Waals surface area contributed by atoms with Crippen molar-refractivity contribution in [1.82, 2.24) is 4.31 Å². The first kappa shape index (κ1) is 37.0. The topological polar surface area (TPSA) is 93.2 Å². The lowest BCUT2D eigenvalue weighted by Gasteiger charge is -2.27. The maximum Gasteiger partial charge on any atom is 0.342 e. The molecule has 6 aromatic rings. The summed E-state index contributed by atoms with van der Waals surface area (Å²) in [6, 6.07) is 41.3. The van der Waals surface area contributed by atoms with Gasteiger partial charge in [0.25, 0.3) is 0 Å². The van der Waals surface area contributed by atoms with E-state index in [1.807, 2.05) is 122 Å². The number of carbonyl (C=O) groups excluding carboxylic acids is 2. The Morgan fingerprint density at radius 2 is 1.28 bits per heavy atom. The molecule has 0 saturated heterocycles. The molecule has 6 rings (SSSR count). The molecule has 0 saturated carbocycles. The minimum Gasteiger partial charge on any atom is -0.488 e. The van der Waals surface area contributed by atoms with Crippen molar-refractivity contribution in [1.29, 1.82) is 0 Å². The van der Waals surface area contributed by atoms with E-state index in [0.29, 0.717) is 16.8 Å². The number of ether oxygens (including phenoxy) is 2. The molecule has 0 aliphatic carbocycles. The van der Waals surface area contributed by atoms with Crippen molar-refractivity contribution in [3.63, 3.8) is 0 Å². The van der Waals surface area contributed by atoms with E-state index in [-0.39, 0.29) is 36.0 Å². The molecule has 0 aliphatic rings. The predicted molar refractivity (Wildman–Crippen MR) is 208 cm³/mol. The number of fused-ring (bicyclic) bond motifs is 1. The zero-order valence-corrected chi connectivity index (χ0v) is 31.1. The monoisotopic (exact) mass is 726 g/mol. The second kappa shape index (κ2) is 16.3. The second-order valence-corrected chi connectivity index (χ2v) is 15.1. The SMILES string of the molecule is Cc1cc(C)c(S(=O)(=O)N(C)CC(=O)N(Cc2cccc3ccccc23)c2ccc(C(=O)OCc3ccccc3)c(OCc3ccccc3)c2)c(C)c1. The molecule has 1 amide bonds. The maximum atomic E-state index is 14.5. The Kier molecular flexibility index (Phi) is 11.4. The number of benzene rings is 6. The van der Waals surface area contributed by atoms with E-state index in [1.165, 1.54) is 11.9 Å². The Labute approximate surface area is 311 Å². The van der Waals surface area contributed by atoms with Gasteiger partial charge in [-0.2, -0.15) is 4.31 Å². The molecule has 9 heteroatoms. The molecule has 0 aromatic heterocycles. The van der Waals surface area contributed by atoms with Crippen LogP contribution in [0.15, 0.2) is 138 Å². The van der Waals surface area contributed by atoms with Gasteiger partial charge in [0.2, 0.25) is 15.9 Å². The smallest absolute Gasteiger partial charge is 0.342 e. The van der Waals surface area contributed by atoms with E-state index in [4.69, 9.17) is 9.47 Å². The summed E-state index contributed by atoms with van der Waals surface area (Å²) in [5, 5.41) is 1.96. The molecule has 0 unspecified atom stereocenters. The highest BCUT2D eigenvalue weighted by Crippen LogP contribution is 2.31. The Balaban J connectivity index is 1.38. The molecular formula is C44H42N2O6S. The van der Waals surface area contributed by atoms with Crippen LogP contribution < -0.4 is 9.64 Å². The molecule has 8 nitrogen and oxygen atoms in total. The van der Waals surface area contributed by atoms with Crippen LogP contribution in [-0.2, 0) is 39.3 Å². The highest BCUT2D eigenvalue weighted by Gasteiger charge is 2.30. The van der Waals surface area contributed by atoms with Crippen LogP contribution in [0.4, 0.5) is 5.69 Å². The summed E-state index contributed by atoms with van der Waals surface area (Å²) in [6.07, 6.45) is 0. The number of nitrogens with zero attached hydrogens (tertiary/aromatic N) is 2. The molecule has 0 spiro atoms. The zero-order valence-electron chi connectivity index (χ0n) is 30.3. The lowest BCUT2D eigenvalue weighted by Crippen LogP contribution is -2.41. The van der Waals surface area contributed by atoms with Gasteiger partial charge in [-0.05, 0) is 71.5 Å².